The summed E-state index contributed by atoms with van der Waals surface area (Å²) in [5, 5.41) is 16.7. The Bertz CT molecular complexity index is 965. The quantitative estimate of drug-likeness (QED) is 0.352. The van der Waals surface area contributed by atoms with Gasteiger partial charge in [0, 0.05) is 23.3 Å². The molecule has 2 atom stereocenters. The van der Waals surface area contributed by atoms with Crippen molar-refractivity contribution in [3.05, 3.63) is 58.1 Å². The molecule has 0 bridgehead atoms. The Labute approximate surface area is 212 Å². The first-order chi connectivity index (χ1) is 15.6. The van der Waals surface area contributed by atoms with Gasteiger partial charge in [-0.1, -0.05) is 121 Å². The van der Waals surface area contributed by atoms with Crippen molar-refractivity contribution in [2.75, 3.05) is 0 Å². The number of aromatic hydroxyl groups is 1. The van der Waals surface area contributed by atoms with Crippen molar-refractivity contribution in [2.45, 2.75) is 124 Å². The number of phenolic OH excluding ortho intramolecular Hbond substituents is 1. The minimum atomic E-state index is -0.125. The van der Waals surface area contributed by atoms with Gasteiger partial charge in [-0.3, -0.25) is 0 Å². The predicted octanol–water partition coefficient (Wildman–Crippen LogP) is 8.20. The van der Waals surface area contributed by atoms with Crippen LogP contribution in [0.5, 0.6) is 5.75 Å². The first-order valence-electron chi connectivity index (χ1n) is 13.1. The molecule has 0 aliphatic carbocycles. The maximum Gasteiger partial charge on any atom is 0.123 e. The van der Waals surface area contributed by atoms with E-state index in [0.29, 0.717) is 20.4 Å². The number of hydrogen-bond acceptors (Lipinski definition) is 2. The second-order valence-electron chi connectivity index (χ2n) is 12.6. The molecule has 2 unspecified atom stereocenters. The summed E-state index contributed by atoms with van der Waals surface area (Å²) in [7, 11) is 0.593. The van der Waals surface area contributed by atoms with Crippen LogP contribution in [0.25, 0.3) is 0 Å². The molecule has 2 aromatic carbocycles. The lowest BCUT2D eigenvalue weighted by Crippen LogP contribution is -2.28. The van der Waals surface area contributed by atoms with Crippen molar-refractivity contribution in [3.63, 3.8) is 0 Å². The Hall–Kier alpha value is -1.37. The van der Waals surface area contributed by atoms with Crippen molar-refractivity contribution in [2.24, 2.45) is 0 Å². The van der Waals surface area contributed by atoms with Crippen molar-refractivity contribution in [1.29, 1.82) is 0 Å². The molecule has 0 aliphatic heterocycles. The second-order valence-corrected chi connectivity index (χ2v) is 14.5. The molecular formula is C31H50NOP. The maximum atomic E-state index is 11.7. The Balaban J connectivity index is 2.74. The smallest absolute Gasteiger partial charge is 0.123 e. The van der Waals surface area contributed by atoms with Gasteiger partial charge in [0.05, 0.1) is 0 Å². The van der Waals surface area contributed by atoms with Crippen LogP contribution in [0, 0.1) is 6.92 Å². The molecule has 0 aliphatic rings. The highest BCUT2D eigenvalue weighted by Crippen LogP contribution is 2.52. The van der Waals surface area contributed by atoms with E-state index < -0.39 is 0 Å². The Kier molecular flexibility index (Phi) is 9.45. The Morgan fingerprint density at radius 2 is 1.56 bits per heavy atom. The number of rotatable bonds is 9. The summed E-state index contributed by atoms with van der Waals surface area (Å²) >= 11 is 0. The van der Waals surface area contributed by atoms with Crippen molar-refractivity contribution < 1.29 is 5.11 Å². The van der Waals surface area contributed by atoms with Gasteiger partial charge in [0.25, 0.3) is 0 Å². The summed E-state index contributed by atoms with van der Waals surface area (Å²) in [6.07, 6.45) is 3.37. The highest BCUT2D eigenvalue weighted by molar-refractivity contribution is 7.48. The van der Waals surface area contributed by atoms with Crippen molar-refractivity contribution >= 4 is 13.9 Å². The van der Waals surface area contributed by atoms with E-state index >= 15 is 0 Å². The van der Waals surface area contributed by atoms with Gasteiger partial charge in [-0.25, -0.2) is 0 Å². The summed E-state index contributed by atoms with van der Waals surface area (Å²) in [4.78, 5) is 0. The van der Waals surface area contributed by atoms with E-state index in [2.05, 4.69) is 112 Å². The van der Waals surface area contributed by atoms with E-state index in [1.807, 2.05) is 0 Å². The van der Waals surface area contributed by atoms with E-state index in [9.17, 15) is 5.11 Å². The number of aryl methyl sites for hydroxylation is 1. The molecule has 0 heterocycles. The van der Waals surface area contributed by atoms with Crippen LogP contribution in [0.3, 0.4) is 0 Å². The van der Waals surface area contributed by atoms with Crippen LogP contribution in [-0.4, -0.2) is 11.1 Å². The molecule has 2 N–H and O–H groups in total. The fourth-order valence-electron chi connectivity index (χ4n) is 4.50. The van der Waals surface area contributed by atoms with Crippen LogP contribution in [0.15, 0.2) is 30.3 Å². The van der Waals surface area contributed by atoms with E-state index in [-0.39, 0.29) is 16.0 Å². The summed E-state index contributed by atoms with van der Waals surface area (Å²) in [6, 6.07) is 11.7. The molecule has 0 amide bonds. The molecule has 190 valence electrons. The molecule has 2 nitrogen and oxygen atoms in total. The monoisotopic (exact) mass is 483 g/mol. The van der Waals surface area contributed by atoms with Gasteiger partial charge in [0.15, 0.2) is 0 Å². The molecule has 2 rings (SSSR count). The van der Waals surface area contributed by atoms with Crippen LogP contribution < -0.4 is 10.6 Å². The minimum absolute atomic E-state index is 0.0201. The van der Waals surface area contributed by atoms with Gasteiger partial charge in [0.2, 0.25) is 0 Å². The maximum absolute atomic E-state index is 11.7. The molecular weight excluding hydrogens is 433 g/mol. The SMILES string of the molecule is CCCCC(C)(Pc1c(C)cccc1CNC(C)C)c1cc(C(C)(C)C)cc(C(C)(C)C)c1O. The number of unbranched alkanes of at least 4 members (excludes halogenated alkanes) is 1. The summed E-state index contributed by atoms with van der Waals surface area (Å²) in [6.45, 7) is 25.6. The average Bonchev–Trinajstić information content (AvgIpc) is 2.71. The highest BCUT2D eigenvalue weighted by atomic mass is 31.1. The molecule has 0 spiro atoms. The molecule has 0 radical (unpaired) electrons. The van der Waals surface area contributed by atoms with Crippen LogP contribution in [0.1, 0.15) is 116 Å². The fraction of sp³-hybridized carbons (Fsp3) is 0.613. The normalized spacial score (nSPS) is 14.8. The first-order valence-corrected chi connectivity index (χ1v) is 14.1. The van der Waals surface area contributed by atoms with Crippen molar-refractivity contribution in [1.82, 2.24) is 5.32 Å². The molecule has 0 fully saturated rings. The highest BCUT2D eigenvalue weighted by Gasteiger charge is 2.35. The zero-order valence-electron chi connectivity index (χ0n) is 23.7. The molecule has 2 aromatic rings. The van der Waals surface area contributed by atoms with E-state index in [1.54, 1.807) is 0 Å². The predicted molar refractivity (Wildman–Crippen MR) is 153 cm³/mol. The molecule has 3 heteroatoms. The van der Waals surface area contributed by atoms with Gasteiger partial charge in [-0.05, 0) is 51.7 Å². The number of benzene rings is 2. The van der Waals surface area contributed by atoms with Crippen molar-refractivity contribution in [3.8, 4) is 5.75 Å². The third-order valence-corrected chi connectivity index (χ3v) is 8.91. The van der Waals surface area contributed by atoms with Gasteiger partial charge in [-0.2, -0.15) is 0 Å². The van der Waals surface area contributed by atoms with Gasteiger partial charge in [-0.15, -0.1) is 0 Å². The third-order valence-electron chi connectivity index (χ3n) is 6.87. The lowest BCUT2D eigenvalue weighted by molar-refractivity contribution is 0.425. The van der Waals surface area contributed by atoms with Gasteiger partial charge in [0.1, 0.15) is 5.75 Å². The van der Waals surface area contributed by atoms with Gasteiger partial charge >= 0.3 is 0 Å². The van der Waals surface area contributed by atoms with E-state index in [4.69, 9.17) is 0 Å². The molecule has 0 aromatic heterocycles. The van der Waals surface area contributed by atoms with Crippen LogP contribution in [0.2, 0.25) is 0 Å². The Morgan fingerprint density at radius 1 is 0.941 bits per heavy atom. The second kappa shape index (κ2) is 11.1. The van der Waals surface area contributed by atoms with Crippen LogP contribution >= 0.6 is 8.58 Å². The number of phenols is 1. The zero-order valence-corrected chi connectivity index (χ0v) is 24.7. The van der Waals surface area contributed by atoms with E-state index in [1.165, 1.54) is 22.0 Å². The minimum Gasteiger partial charge on any atom is -0.507 e. The largest absolute Gasteiger partial charge is 0.507 e. The average molecular weight is 484 g/mol. The standard InChI is InChI=1S/C31H50NOP/c1-12-13-17-31(11,34-28-22(4)15-14-16-23(28)20-32-21(2)3)26-19-24(29(5,6)7)18-25(27(26)33)30(8,9)10/h14-16,18-19,21,32-34H,12-13,17,20H2,1-11H3. The fourth-order valence-corrected chi connectivity index (χ4v) is 6.29. The number of nitrogens with one attached hydrogen (secondary N) is 1. The zero-order chi connectivity index (χ0) is 25.9. The summed E-state index contributed by atoms with van der Waals surface area (Å²) < 4.78 is 0. The molecule has 0 saturated heterocycles. The van der Waals surface area contributed by atoms with E-state index in [0.717, 1.165) is 36.9 Å². The van der Waals surface area contributed by atoms with Crippen LogP contribution in [-0.2, 0) is 22.5 Å². The lowest BCUT2D eigenvalue weighted by Gasteiger charge is -2.36. The third kappa shape index (κ3) is 7.08. The molecule has 34 heavy (non-hydrogen) atoms. The number of hydrogen-bond donors (Lipinski definition) is 2. The first kappa shape index (κ1) is 28.9. The Morgan fingerprint density at radius 3 is 2.09 bits per heavy atom. The summed E-state index contributed by atoms with van der Waals surface area (Å²) in [5.74, 6) is 0.502. The topological polar surface area (TPSA) is 32.3 Å². The lowest BCUT2D eigenvalue weighted by atomic mass is 9.77. The summed E-state index contributed by atoms with van der Waals surface area (Å²) in [5.41, 5.74) is 6.14. The van der Waals surface area contributed by atoms with Gasteiger partial charge < -0.3 is 10.4 Å². The molecule has 0 saturated carbocycles. The van der Waals surface area contributed by atoms with Crippen LogP contribution in [0.4, 0.5) is 0 Å².